The number of unbranched alkanes of at least 4 members (excludes halogenated alkanes) is 32. The van der Waals surface area contributed by atoms with Crippen LogP contribution in [0.1, 0.15) is 245 Å². The molecule has 0 saturated carbocycles. The summed E-state index contributed by atoms with van der Waals surface area (Å²) in [6, 6.07) is 0. The molecule has 9 heteroatoms. The summed E-state index contributed by atoms with van der Waals surface area (Å²) in [5, 5.41) is 40.1. The standard InChI is InChI=1S/C51H98O9/c1-3-5-7-9-11-13-15-16-17-18-19-20-21-22-23-24-25-26-27-28-29-31-33-35-37-39-41-57-43-45(44-58-51-50(56)49(55)48(54)46(42-52)60-51)59-47(53)40-38-36-34-32-30-14-12-10-8-6-4-2/h18-19,45-46,48-52,54-56H,3-17,20-44H2,1-2H3/b19-18-. The van der Waals surface area contributed by atoms with Gasteiger partial charge < -0.3 is 39.4 Å². The van der Waals surface area contributed by atoms with Crippen LogP contribution in [-0.4, -0.2) is 89.6 Å². The summed E-state index contributed by atoms with van der Waals surface area (Å²) in [4.78, 5) is 12.8. The minimum Gasteiger partial charge on any atom is -0.457 e. The fraction of sp³-hybridized carbons (Fsp3) is 0.941. The SMILES string of the molecule is CCCCCCCCCC/C=C\CCCCCCCCCCCCCCCCOCC(COC1OC(CO)C(O)C(O)C1O)OC(=O)CCCCCCCCCCCCC. The Morgan fingerprint density at radius 2 is 0.917 bits per heavy atom. The van der Waals surface area contributed by atoms with Crippen LogP contribution in [0, 0.1) is 0 Å². The second-order valence-corrected chi connectivity index (χ2v) is 18.0. The first-order valence-corrected chi connectivity index (χ1v) is 25.8. The Morgan fingerprint density at radius 3 is 1.35 bits per heavy atom. The number of hydrogen-bond donors (Lipinski definition) is 4. The van der Waals surface area contributed by atoms with Crippen molar-refractivity contribution < 1.29 is 44.2 Å². The highest BCUT2D eigenvalue weighted by Gasteiger charge is 2.44. The number of rotatable bonds is 45. The minimum atomic E-state index is -1.53. The molecule has 1 aliphatic rings. The van der Waals surface area contributed by atoms with Crippen molar-refractivity contribution in [3.05, 3.63) is 12.2 Å². The number of esters is 1. The van der Waals surface area contributed by atoms with Crippen LogP contribution in [0.3, 0.4) is 0 Å². The molecule has 1 saturated heterocycles. The molecule has 1 rings (SSSR count). The third kappa shape index (κ3) is 33.5. The Bertz CT molecular complexity index is 930. The lowest BCUT2D eigenvalue weighted by Crippen LogP contribution is -2.59. The van der Waals surface area contributed by atoms with Gasteiger partial charge in [-0.2, -0.15) is 0 Å². The number of ether oxygens (including phenoxy) is 4. The third-order valence-corrected chi connectivity index (χ3v) is 12.2. The molecule has 1 heterocycles. The van der Waals surface area contributed by atoms with Gasteiger partial charge in [-0.25, -0.2) is 0 Å². The predicted molar refractivity (Wildman–Crippen MR) is 247 cm³/mol. The van der Waals surface area contributed by atoms with Gasteiger partial charge in [0.15, 0.2) is 6.29 Å². The van der Waals surface area contributed by atoms with Crippen LogP contribution in [0.15, 0.2) is 12.2 Å². The summed E-state index contributed by atoms with van der Waals surface area (Å²) in [5.41, 5.74) is 0. The first kappa shape index (κ1) is 56.9. The molecule has 1 fully saturated rings. The fourth-order valence-corrected chi connectivity index (χ4v) is 8.14. The van der Waals surface area contributed by atoms with E-state index in [2.05, 4.69) is 26.0 Å². The average Bonchev–Trinajstić information content (AvgIpc) is 3.25. The van der Waals surface area contributed by atoms with Gasteiger partial charge in [0.25, 0.3) is 0 Å². The van der Waals surface area contributed by atoms with Crippen molar-refractivity contribution in [2.45, 2.75) is 282 Å². The van der Waals surface area contributed by atoms with Crippen LogP contribution in [0.2, 0.25) is 0 Å². The van der Waals surface area contributed by atoms with Gasteiger partial charge in [-0.15, -0.1) is 0 Å². The first-order valence-electron chi connectivity index (χ1n) is 25.8. The molecule has 0 aliphatic carbocycles. The van der Waals surface area contributed by atoms with Gasteiger partial charge in [-0.05, 0) is 38.5 Å². The number of hydrogen-bond acceptors (Lipinski definition) is 9. The summed E-state index contributed by atoms with van der Waals surface area (Å²) in [5.74, 6) is -0.310. The van der Waals surface area contributed by atoms with Crippen molar-refractivity contribution in [3.63, 3.8) is 0 Å². The van der Waals surface area contributed by atoms with E-state index in [1.165, 1.54) is 193 Å². The Hall–Kier alpha value is -1.07. The Labute approximate surface area is 369 Å². The quantitative estimate of drug-likeness (QED) is 0.0268. The maximum Gasteiger partial charge on any atom is 0.306 e. The highest BCUT2D eigenvalue weighted by molar-refractivity contribution is 5.69. The molecule has 0 aromatic rings. The van der Waals surface area contributed by atoms with Crippen LogP contribution in [-0.2, 0) is 23.7 Å². The van der Waals surface area contributed by atoms with Crippen molar-refractivity contribution in [3.8, 4) is 0 Å². The summed E-state index contributed by atoms with van der Waals surface area (Å²) < 4.78 is 22.9. The lowest BCUT2D eigenvalue weighted by Gasteiger charge is -2.39. The summed E-state index contributed by atoms with van der Waals surface area (Å²) in [7, 11) is 0. The van der Waals surface area contributed by atoms with Gasteiger partial charge in [0.05, 0.1) is 19.8 Å². The number of allylic oxidation sites excluding steroid dienone is 2. The zero-order valence-electron chi connectivity index (χ0n) is 39.2. The third-order valence-electron chi connectivity index (χ3n) is 12.2. The second-order valence-electron chi connectivity index (χ2n) is 18.0. The van der Waals surface area contributed by atoms with E-state index in [0.29, 0.717) is 13.0 Å². The number of carbonyl (C=O) groups excluding carboxylic acids is 1. The zero-order chi connectivity index (χ0) is 43.6. The Balaban J connectivity index is 2.11. The molecule has 60 heavy (non-hydrogen) atoms. The second kappa shape index (κ2) is 43.2. The molecule has 356 valence electrons. The van der Waals surface area contributed by atoms with Gasteiger partial charge >= 0.3 is 5.97 Å². The number of aliphatic hydroxyl groups excluding tert-OH is 4. The van der Waals surface area contributed by atoms with Crippen LogP contribution in [0.25, 0.3) is 0 Å². The van der Waals surface area contributed by atoms with Crippen LogP contribution in [0.4, 0.5) is 0 Å². The van der Waals surface area contributed by atoms with E-state index in [0.717, 1.165) is 32.1 Å². The molecule has 0 aromatic heterocycles. The zero-order valence-corrected chi connectivity index (χ0v) is 39.2. The summed E-state index contributed by atoms with van der Waals surface area (Å²) in [6.45, 7) is 4.59. The summed E-state index contributed by atoms with van der Waals surface area (Å²) in [6.07, 6.45) is 42.6. The van der Waals surface area contributed by atoms with Crippen molar-refractivity contribution in [1.82, 2.24) is 0 Å². The van der Waals surface area contributed by atoms with Crippen LogP contribution >= 0.6 is 0 Å². The fourth-order valence-electron chi connectivity index (χ4n) is 8.14. The topological polar surface area (TPSA) is 135 Å². The number of carbonyl (C=O) groups is 1. The van der Waals surface area contributed by atoms with E-state index < -0.39 is 43.4 Å². The van der Waals surface area contributed by atoms with Crippen LogP contribution < -0.4 is 0 Å². The van der Waals surface area contributed by atoms with E-state index in [1.807, 2.05) is 0 Å². The van der Waals surface area contributed by atoms with E-state index in [1.54, 1.807) is 0 Å². The highest BCUT2D eigenvalue weighted by atomic mass is 16.7. The van der Waals surface area contributed by atoms with Gasteiger partial charge in [0.1, 0.15) is 30.5 Å². The Morgan fingerprint density at radius 1 is 0.517 bits per heavy atom. The molecule has 9 nitrogen and oxygen atoms in total. The van der Waals surface area contributed by atoms with Crippen molar-refractivity contribution >= 4 is 5.97 Å². The molecular weight excluding hydrogens is 757 g/mol. The molecule has 0 aromatic carbocycles. The normalized spacial score (nSPS) is 20.0. The Kier molecular flexibility index (Phi) is 41.0. The molecule has 0 amide bonds. The summed E-state index contributed by atoms with van der Waals surface area (Å²) >= 11 is 0. The molecule has 4 N–H and O–H groups in total. The molecule has 6 unspecified atom stereocenters. The maximum absolute atomic E-state index is 12.8. The van der Waals surface area contributed by atoms with Crippen LogP contribution in [0.5, 0.6) is 0 Å². The lowest BCUT2D eigenvalue weighted by atomic mass is 9.99. The van der Waals surface area contributed by atoms with Crippen molar-refractivity contribution in [2.24, 2.45) is 0 Å². The van der Waals surface area contributed by atoms with Crippen molar-refractivity contribution in [2.75, 3.05) is 26.4 Å². The first-order chi connectivity index (χ1) is 29.4. The predicted octanol–water partition coefficient (Wildman–Crippen LogP) is 12.4. The van der Waals surface area contributed by atoms with Gasteiger partial charge in [0.2, 0.25) is 0 Å². The van der Waals surface area contributed by atoms with Gasteiger partial charge in [0, 0.05) is 13.0 Å². The van der Waals surface area contributed by atoms with Crippen molar-refractivity contribution in [1.29, 1.82) is 0 Å². The molecule has 1 aliphatic heterocycles. The van der Waals surface area contributed by atoms with Gasteiger partial charge in [-0.3, -0.25) is 4.79 Å². The van der Waals surface area contributed by atoms with E-state index in [9.17, 15) is 25.2 Å². The van der Waals surface area contributed by atoms with E-state index in [-0.39, 0.29) is 19.2 Å². The largest absolute Gasteiger partial charge is 0.457 e. The highest BCUT2D eigenvalue weighted by Crippen LogP contribution is 2.23. The lowest BCUT2D eigenvalue weighted by molar-refractivity contribution is -0.305. The smallest absolute Gasteiger partial charge is 0.306 e. The maximum atomic E-state index is 12.8. The van der Waals surface area contributed by atoms with Gasteiger partial charge in [-0.1, -0.05) is 212 Å². The molecule has 0 bridgehead atoms. The average molecular weight is 855 g/mol. The minimum absolute atomic E-state index is 0.107. The number of aliphatic hydroxyl groups is 4. The molecule has 0 radical (unpaired) electrons. The van der Waals surface area contributed by atoms with E-state index >= 15 is 0 Å². The monoisotopic (exact) mass is 855 g/mol. The molecule has 6 atom stereocenters. The molecule has 0 spiro atoms. The van der Waals surface area contributed by atoms with E-state index in [4.69, 9.17) is 18.9 Å². The molecular formula is C51H98O9.